The molecule has 2 aliphatic rings. The number of hydrogen-bond acceptors (Lipinski definition) is 14. The van der Waals surface area contributed by atoms with Gasteiger partial charge < -0.3 is 41.0 Å². The lowest BCUT2D eigenvalue weighted by atomic mass is 9.98. The molecule has 21 heteroatoms. The van der Waals surface area contributed by atoms with Gasteiger partial charge in [0.2, 0.25) is 37.2 Å². The summed E-state index contributed by atoms with van der Waals surface area (Å²) in [7, 11) is -5.58. The van der Waals surface area contributed by atoms with Crippen molar-refractivity contribution in [2.75, 3.05) is 38.2 Å². The molecule has 4 atom stereocenters. The standard InChI is InChI=1S/C55H74F2N5O13P/c1-35(39-19-22-42(23-20-39)55(56,57)76(69,74-33-72-51(67)53(3,4)5)75-34-73-52(68)54(6,7)8)30-47(64)60-44-24-21-40-13-9-14-41-31-45(62(48(40)41)50(44)66)49(65)61-43(25-26-46(59)63)36(2)71-32-38-17-15-37(16-18-38)12-10-28-70-29-11-27-58/h9,13-20,22-23,30,36,43-45H,10-12,21,24-29,31-34,58H2,1-8H3,(H2,59,63)(H,60,64)(H,61,65)/b35-30+/t36-,43+,44+,45+/m1/s1. The summed E-state index contributed by atoms with van der Waals surface area (Å²) in [6.07, 6.45) is 4.14. The molecule has 0 fully saturated rings. The summed E-state index contributed by atoms with van der Waals surface area (Å²) in [4.78, 5) is 80.7. The number of anilines is 1. The number of nitrogens with zero attached hydrogens (tertiary/aromatic N) is 1. The van der Waals surface area contributed by atoms with Crippen molar-refractivity contribution in [2.45, 2.75) is 143 Å². The first-order chi connectivity index (χ1) is 35.7. The number of aryl methyl sites for hydroxylation is 2. The third kappa shape index (κ3) is 16.6. The summed E-state index contributed by atoms with van der Waals surface area (Å²) >= 11 is 0. The van der Waals surface area contributed by atoms with Crippen LogP contribution < -0.4 is 27.0 Å². The van der Waals surface area contributed by atoms with Crippen molar-refractivity contribution in [3.05, 3.63) is 106 Å². The predicted octanol–water partition coefficient (Wildman–Crippen LogP) is 7.50. The van der Waals surface area contributed by atoms with E-state index < -0.39 is 103 Å². The van der Waals surface area contributed by atoms with Crippen LogP contribution in [0.1, 0.15) is 121 Å². The van der Waals surface area contributed by atoms with Crippen molar-refractivity contribution in [1.29, 1.82) is 0 Å². The maximum atomic E-state index is 16.2. The minimum absolute atomic E-state index is 0.0273. The van der Waals surface area contributed by atoms with Gasteiger partial charge in [-0.2, -0.15) is 8.78 Å². The number of halogens is 2. The summed E-state index contributed by atoms with van der Waals surface area (Å²) in [5.41, 5.74) is 8.69. The summed E-state index contributed by atoms with van der Waals surface area (Å²) in [6, 6.07) is 15.3. The Labute approximate surface area is 443 Å². The topological polar surface area (TPSA) is 254 Å². The van der Waals surface area contributed by atoms with Crippen molar-refractivity contribution in [2.24, 2.45) is 22.3 Å². The predicted molar refractivity (Wildman–Crippen MR) is 280 cm³/mol. The summed E-state index contributed by atoms with van der Waals surface area (Å²) in [6.45, 7) is 12.3. The molecule has 2 aliphatic heterocycles. The Bertz CT molecular complexity index is 2560. The summed E-state index contributed by atoms with van der Waals surface area (Å²) in [5.74, 6) is -3.87. The zero-order chi connectivity index (χ0) is 56.0. The van der Waals surface area contributed by atoms with Crippen LogP contribution in [0.25, 0.3) is 5.57 Å². The third-order valence-corrected chi connectivity index (χ3v) is 14.7. The number of rotatable bonds is 27. The maximum Gasteiger partial charge on any atom is 0.410 e. The maximum absolute atomic E-state index is 16.2. The van der Waals surface area contributed by atoms with E-state index in [1.54, 1.807) is 13.8 Å². The zero-order valence-electron chi connectivity index (χ0n) is 44.7. The molecule has 6 N–H and O–H groups in total. The number of nitrogens with two attached hydrogens (primary N) is 2. The zero-order valence-corrected chi connectivity index (χ0v) is 45.6. The highest BCUT2D eigenvalue weighted by Gasteiger charge is 2.56. The normalized spacial score (nSPS) is 16.8. The number of benzene rings is 3. The highest BCUT2D eigenvalue weighted by atomic mass is 31.2. The van der Waals surface area contributed by atoms with Crippen LogP contribution in [0.5, 0.6) is 0 Å². The number of alkyl halides is 2. The fraction of sp³-hybridized carbons (Fsp3) is 0.527. The van der Waals surface area contributed by atoms with E-state index in [0.29, 0.717) is 43.0 Å². The molecule has 0 bridgehead atoms. The summed E-state index contributed by atoms with van der Waals surface area (Å²) in [5, 5.41) is 5.83. The first-order valence-electron chi connectivity index (χ1n) is 25.5. The second-order valence-electron chi connectivity index (χ2n) is 21.1. The number of carbonyl (C=O) groups excluding carboxylic acids is 6. The van der Waals surface area contributed by atoms with Gasteiger partial charge in [-0.3, -0.25) is 47.3 Å². The Morgan fingerprint density at radius 2 is 1.45 bits per heavy atom. The molecule has 3 aromatic rings. The highest BCUT2D eigenvalue weighted by molar-refractivity contribution is 7.54. The number of amides is 4. The molecular formula is C55H74F2N5O13P. The van der Waals surface area contributed by atoms with E-state index in [4.69, 9.17) is 39.5 Å². The van der Waals surface area contributed by atoms with Gasteiger partial charge in [-0.25, -0.2) is 0 Å². The van der Waals surface area contributed by atoms with Gasteiger partial charge in [0, 0.05) is 37.7 Å². The van der Waals surface area contributed by atoms with Gasteiger partial charge in [0.15, 0.2) is 0 Å². The Kier molecular flexibility index (Phi) is 21.6. The van der Waals surface area contributed by atoms with Gasteiger partial charge in [0.1, 0.15) is 12.1 Å². The number of hydrogen-bond donors (Lipinski definition) is 4. The van der Waals surface area contributed by atoms with E-state index in [9.17, 15) is 33.3 Å². The molecule has 0 spiro atoms. The first kappa shape index (κ1) is 61.0. The lowest BCUT2D eigenvalue weighted by Crippen LogP contribution is -2.56. The molecule has 0 unspecified atom stereocenters. The van der Waals surface area contributed by atoms with Crippen molar-refractivity contribution in [3.63, 3.8) is 0 Å². The Balaban J connectivity index is 1.26. The van der Waals surface area contributed by atoms with E-state index in [-0.39, 0.29) is 32.3 Å². The van der Waals surface area contributed by atoms with E-state index >= 15 is 8.78 Å². The highest BCUT2D eigenvalue weighted by Crippen LogP contribution is 2.67. The molecule has 76 heavy (non-hydrogen) atoms. The monoisotopic (exact) mass is 1080 g/mol. The molecule has 0 saturated carbocycles. The minimum Gasteiger partial charge on any atom is -0.438 e. The van der Waals surface area contributed by atoms with E-state index in [1.165, 1.54) is 64.7 Å². The Morgan fingerprint density at radius 3 is 2.04 bits per heavy atom. The van der Waals surface area contributed by atoms with Crippen LogP contribution in [0.4, 0.5) is 14.5 Å². The van der Waals surface area contributed by atoms with Crippen LogP contribution >= 0.6 is 7.60 Å². The van der Waals surface area contributed by atoms with Crippen molar-refractivity contribution in [1.82, 2.24) is 10.6 Å². The number of primary amides is 1. The van der Waals surface area contributed by atoms with Gasteiger partial charge in [0.05, 0.1) is 35.3 Å². The quantitative estimate of drug-likeness (QED) is 0.0190. The molecule has 3 aromatic carbocycles. The lowest BCUT2D eigenvalue weighted by molar-refractivity contribution is -0.163. The molecule has 2 heterocycles. The lowest BCUT2D eigenvalue weighted by Gasteiger charge is -2.31. The second kappa shape index (κ2) is 26.9. The molecule has 0 aromatic heterocycles. The number of nitrogens with one attached hydrogen (secondary N) is 2. The van der Waals surface area contributed by atoms with Crippen LogP contribution in [0, 0.1) is 10.8 Å². The van der Waals surface area contributed by atoms with Gasteiger partial charge in [-0.1, -0.05) is 66.7 Å². The number of carbonyl (C=O) groups is 6. The molecule has 5 rings (SSSR count). The molecule has 416 valence electrons. The number of allylic oxidation sites excluding steroid dienone is 1. The molecule has 0 radical (unpaired) electrons. The second-order valence-corrected chi connectivity index (χ2v) is 23.1. The number of para-hydroxylation sites is 1. The van der Waals surface area contributed by atoms with Crippen molar-refractivity contribution >= 4 is 54.4 Å². The summed E-state index contributed by atoms with van der Waals surface area (Å²) < 4.78 is 77.8. The van der Waals surface area contributed by atoms with Crippen molar-refractivity contribution < 1.29 is 70.1 Å². The van der Waals surface area contributed by atoms with Crippen LogP contribution in [-0.2, 0) is 92.9 Å². The van der Waals surface area contributed by atoms with Crippen LogP contribution in [0.2, 0.25) is 0 Å². The molecular weight excluding hydrogens is 1010 g/mol. The van der Waals surface area contributed by atoms with Gasteiger partial charge in [-0.15, -0.1) is 0 Å². The van der Waals surface area contributed by atoms with Crippen LogP contribution in [0.15, 0.2) is 72.8 Å². The van der Waals surface area contributed by atoms with E-state index in [1.807, 2.05) is 42.5 Å². The smallest absolute Gasteiger partial charge is 0.410 e. The number of ether oxygens (including phenoxy) is 4. The Morgan fingerprint density at radius 1 is 0.855 bits per heavy atom. The van der Waals surface area contributed by atoms with Crippen LogP contribution in [-0.4, -0.2) is 93.1 Å². The SMILES string of the molecule is C/C(=C\C(=O)N[C@H]1CCc2cccc3c2N(C1=O)[C@H](C(=O)N[C@@H](CCC(N)=O)[C@@H](C)OCc1ccc(CCCOCCCN)cc1)C3)c1ccc(C(F)(F)P(=O)(OCOC(=O)C(C)(C)C)OCOC(=O)C(C)(C)C)cc1. The Hall–Kier alpha value is -5.89. The number of esters is 2. The van der Waals surface area contributed by atoms with Crippen LogP contribution in [0.3, 0.4) is 0 Å². The fourth-order valence-electron chi connectivity index (χ4n) is 8.30. The van der Waals surface area contributed by atoms with Gasteiger partial charge >= 0.3 is 25.2 Å². The molecule has 0 saturated heterocycles. The molecule has 18 nitrogen and oxygen atoms in total. The molecule has 4 amide bonds. The first-order valence-corrected chi connectivity index (χ1v) is 27.0. The minimum atomic E-state index is -5.58. The van der Waals surface area contributed by atoms with Crippen molar-refractivity contribution in [3.8, 4) is 0 Å². The van der Waals surface area contributed by atoms with Gasteiger partial charge in [0.25, 0.3) is 0 Å². The average molecular weight is 1080 g/mol. The molecule has 0 aliphatic carbocycles. The average Bonchev–Trinajstić information content (AvgIpc) is 3.71. The third-order valence-electron chi connectivity index (χ3n) is 12.8. The van der Waals surface area contributed by atoms with E-state index in [0.717, 1.165) is 53.6 Å². The largest absolute Gasteiger partial charge is 0.438 e. The fourth-order valence-corrected chi connectivity index (χ4v) is 9.55. The van der Waals surface area contributed by atoms with Gasteiger partial charge in [-0.05, 0) is 134 Å². The van der Waals surface area contributed by atoms with E-state index in [2.05, 4.69) is 10.6 Å².